The van der Waals surface area contributed by atoms with Crippen molar-refractivity contribution in [1.82, 2.24) is 0 Å². The second kappa shape index (κ2) is 9.83. The topological polar surface area (TPSA) is 30.8 Å². The van der Waals surface area contributed by atoms with E-state index >= 15 is 0 Å². The lowest BCUT2D eigenvalue weighted by atomic mass is 10.2. The molecule has 0 bridgehead atoms. The van der Waals surface area contributed by atoms with Crippen molar-refractivity contribution in [2.45, 2.75) is 13.5 Å². The number of benzene rings is 3. The van der Waals surface area contributed by atoms with E-state index in [0.717, 1.165) is 22.6 Å². The van der Waals surface area contributed by atoms with Crippen LogP contribution in [0.2, 0.25) is 15.1 Å². The predicted molar refractivity (Wildman–Crippen MR) is 117 cm³/mol. The lowest BCUT2D eigenvalue weighted by molar-refractivity contribution is 0.306. The predicted octanol–water partition coefficient (Wildman–Crippen LogP) is 7.38. The molecule has 0 unspecified atom stereocenters. The van der Waals surface area contributed by atoms with Crippen LogP contribution in [-0.4, -0.2) is 12.8 Å². The van der Waals surface area contributed by atoms with Gasteiger partial charge in [-0.1, -0.05) is 53.0 Å². The summed E-state index contributed by atoms with van der Waals surface area (Å²) in [5.41, 5.74) is 2.43. The highest BCUT2D eigenvalue weighted by Gasteiger charge is 2.10. The summed E-state index contributed by atoms with van der Waals surface area (Å²) in [7, 11) is 0. The molecule has 0 amide bonds. The Morgan fingerprint density at radius 2 is 1.54 bits per heavy atom. The second-order valence-electron chi connectivity index (χ2n) is 5.88. The van der Waals surface area contributed by atoms with Crippen LogP contribution in [0.1, 0.15) is 18.1 Å². The maximum Gasteiger partial charge on any atom is 0.157 e. The van der Waals surface area contributed by atoms with E-state index in [1.807, 2.05) is 55.5 Å². The van der Waals surface area contributed by atoms with E-state index < -0.39 is 0 Å². The maximum atomic E-state index is 6.36. The van der Waals surface area contributed by atoms with Gasteiger partial charge in [0.25, 0.3) is 0 Å². The van der Waals surface area contributed by atoms with E-state index in [4.69, 9.17) is 44.3 Å². The number of ether oxygens (including phenoxy) is 2. The van der Waals surface area contributed by atoms with Crippen LogP contribution in [0.5, 0.6) is 11.5 Å². The van der Waals surface area contributed by atoms with Gasteiger partial charge in [0.05, 0.1) is 22.3 Å². The Bertz CT molecular complexity index is 949. The van der Waals surface area contributed by atoms with Gasteiger partial charge < -0.3 is 9.47 Å². The summed E-state index contributed by atoms with van der Waals surface area (Å²) in [6.45, 7) is 2.85. The van der Waals surface area contributed by atoms with Crippen molar-refractivity contribution in [3.8, 4) is 11.5 Å². The molecule has 0 aromatic heterocycles. The molecule has 144 valence electrons. The second-order valence-corrected chi connectivity index (χ2v) is 7.10. The summed E-state index contributed by atoms with van der Waals surface area (Å²) < 4.78 is 11.2. The largest absolute Gasteiger partial charge is 0.494 e. The molecule has 3 aromatic carbocycles. The maximum absolute atomic E-state index is 6.36. The fraction of sp³-hybridized carbons (Fsp3) is 0.136. The zero-order valence-corrected chi connectivity index (χ0v) is 17.4. The molecule has 0 atom stereocenters. The normalized spacial score (nSPS) is 11.0. The molecule has 6 heteroatoms. The minimum atomic E-state index is 0.277. The molecular formula is C22H18Cl3NO2. The molecule has 0 spiro atoms. The van der Waals surface area contributed by atoms with Crippen LogP contribution in [0.15, 0.2) is 65.7 Å². The average molecular weight is 435 g/mol. The number of rotatable bonds is 7. The van der Waals surface area contributed by atoms with Gasteiger partial charge in [-0.25, -0.2) is 0 Å². The van der Waals surface area contributed by atoms with Crippen molar-refractivity contribution in [1.29, 1.82) is 0 Å². The van der Waals surface area contributed by atoms with Crippen molar-refractivity contribution in [3.63, 3.8) is 0 Å². The molecule has 0 N–H and O–H groups in total. The quantitative estimate of drug-likeness (QED) is 0.363. The van der Waals surface area contributed by atoms with Gasteiger partial charge in [0, 0.05) is 16.8 Å². The van der Waals surface area contributed by atoms with Gasteiger partial charge in [-0.05, 0) is 55.0 Å². The highest BCUT2D eigenvalue weighted by atomic mass is 35.5. The van der Waals surface area contributed by atoms with E-state index in [9.17, 15) is 0 Å². The molecule has 3 rings (SSSR count). The third-order valence-corrected chi connectivity index (χ3v) is 4.79. The number of aliphatic imine (C=N–C) groups is 1. The number of hydrogen-bond acceptors (Lipinski definition) is 3. The van der Waals surface area contributed by atoms with Crippen molar-refractivity contribution in [2.75, 3.05) is 6.61 Å². The first-order chi connectivity index (χ1) is 13.6. The fourth-order valence-corrected chi connectivity index (χ4v) is 3.30. The zero-order valence-electron chi connectivity index (χ0n) is 15.2. The Morgan fingerprint density at radius 3 is 2.18 bits per heavy atom. The van der Waals surface area contributed by atoms with Gasteiger partial charge in [0.1, 0.15) is 12.4 Å². The monoisotopic (exact) mass is 433 g/mol. The fourth-order valence-electron chi connectivity index (χ4n) is 2.50. The molecule has 28 heavy (non-hydrogen) atoms. The summed E-state index contributed by atoms with van der Waals surface area (Å²) >= 11 is 18.9. The first-order valence-corrected chi connectivity index (χ1v) is 9.82. The summed E-state index contributed by atoms with van der Waals surface area (Å²) in [6.07, 6.45) is 1.70. The third kappa shape index (κ3) is 5.41. The molecule has 3 aromatic rings. The van der Waals surface area contributed by atoms with Crippen LogP contribution in [0, 0.1) is 0 Å². The minimum Gasteiger partial charge on any atom is -0.494 e. The van der Waals surface area contributed by atoms with Gasteiger partial charge in [-0.2, -0.15) is 0 Å². The Morgan fingerprint density at radius 1 is 0.857 bits per heavy atom. The Labute approximate surface area is 179 Å². The summed E-state index contributed by atoms with van der Waals surface area (Å²) in [5, 5.41) is 1.45. The average Bonchev–Trinajstić information content (AvgIpc) is 2.68. The lowest BCUT2D eigenvalue weighted by Gasteiger charge is -2.11. The zero-order chi connectivity index (χ0) is 19.9. The first kappa shape index (κ1) is 20.5. The molecule has 0 fully saturated rings. The van der Waals surface area contributed by atoms with E-state index in [-0.39, 0.29) is 6.61 Å². The summed E-state index contributed by atoms with van der Waals surface area (Å²) in [6, 6.07) is 18.5. The van der Waals surface area contributed by atoms with Crippen LogP contribution in [-0.2, 0) is 6.61 Å². The number of hydrogen-bond donors (Lipinski definition) is 0. The van der Waals surface area contributed by atoms with Crippen LogP contribution < -0.4 is 9.47 Å². The van der Waals surface area contributed by atoms with E-state index in [0.29, 0.717) is 27.4 Å². The molecule has 3 nitrogen and oxygen atoms in total. The molecule has 0 saturated carbocycles. The van der Waals surface area contributed by atoms with Gasteiger partial charge in [-0.15, -0.1) is 0 Å². The Balaban J connectivity index is 1.71. The van der Waals surface area contributed by atoms with E-state index in [2.05, 4.69) is 4.99 Å². The highest BCUT2D eigenvalue weighted by molar-refractivity contribution is 6.37. The molecule has 0 heterocycles. The van der Waals surface area contributed by atoms with Gasteiger partial charge >= 0.3 is 0 Å². The van der Waals surface area contributed by atoms with Gasteiger partial charge in [0.2, 0.25) is 0 Å². The van der Waals surface area contributed by atoms with Gasteiger partial charge in [-0.3, -0.25) is 4.99 Å². The molecule has 0 aliphatic carbocycles. The van der Waals surface area contributed by atoms with Crippen molar-refractivity contribution in [3.05, 3.63) is 86.9 Å². The third-order valence-electron chi connectivity index (χ3n) is 3.86. The molecule has 0 aliphatic heterocycles. The number of halogens is 3. The Kier molecular flexibility index (Phi) is 7.21. The lowest BCUT2D eigenvalue weighted by Crippen LogP contribution is -1.98. The molecule has 0 radical (unpaired) electrons. The van der Waals surface area contributed by atoms with Gasteiger partial charge in [0.15, 0.2) is 5.75 Å². The molecule has 0 aliphatic rings. The van der Waals surface area contributed by atoms with Crippen molar-refractivity contribution < 1.29 is 9.47 Å². The van der Waals surface area contributed by atoms with Crippen LogP contribution in [0.3, 0.4) is 0 Å². The minimum absolute atomic E-state index is 0.277. The first-order valence-electron chi connectivity index (χ1n) is 8.69. The van der Waals surface area contributed by atoms with Crippen molar-refractivity contribution >= 4 is 46.7 Å². The molecular weight excluding hydrogens is 417 g/mol. The summed E-state index contributed by atoms with van der Waals surface area (Å²) in [5.74, 6) is 1.23. The number of nitrogens with zero attached hydrogens (tertiary/aromatic N) is 1. The van der Waals surface area contributed by atoms with E-state index in [1.165, 1.54) is 0 Å². The molecule has 0 saturated heterocycles. The SMILES string of the molecule is CCOc1ccc(N=Cc2cc(Cl)c(OCc3ccccc3Cl)c(Cl)c2)cc1. The van der Waals surface area contributed by atoms with E-state index in [1.54, 1.807) is 18.3 Å². The standard InChI is InChI=1S/C22H18Cl3NO2/c1-2-27-18-9-7-17(8-10-18)26-13-15-11-20(24)22(21(25)12-15)28-14-16-5-3-4-6-19(16)23/h3-13H,2,14H2,1H3. The highest BCUT2D eigenvalue weighted by Crippen LogP contribution is 2.35. The van der Waals surface area contributed by atoms with Crippen LogP contribution in [0.4, 0.5) is 5.69 Å². The van der Waals surface area contributed by atoms with Crippen LogP contribution >= 0.6 is 34.8 Å². The van der Waals surface area contributed by atoms with Crippen molar-refractivity contribution in [2.24, 2.45) is 4.99 Å². The summed E-state index contributed by atoms with van der Waals surface area (Å²) in [4.78, 5) is 4.44. The Hall–Kier alpha value is -2.20. The smallest absolute Gasteiger partial charge is 0.157 e. The van der Waals surface area contributed by atoms with Crippen LogP contribution in [0.25, 0.3) is 0 Å².